The van der Waals surface area contributed by atoms with Crippen LogP contribution in [-0.2, 0) is 4.79 Å². The highest BCUT2D eigenvalue weighted by molar-refractivity contribution is 5.91. The van der Waals surface area contributed by atoms with Crippen molar-refractivity contribution in [1.29, 1.82) is 0 Å². The zero-order chi connectivity index (χ0) is 10.6. The van der Waals surface area contributed by atoms with Gasteiger partial charge in [0, 0.05) is 5.56 Å². The number of hydrogen-bond acceptors (Lipinski definition) is 1. The number of rotatable bonds is 2. The molecule has 1 nitrogen and oxygen atoms in total. The SMILES string of the molecule is C#Cc1cc(C)ccc1/C=C/C(C)=O. The summed E-state index contributed by atoms with van der Waals surface area (Å²) in [5.41, 5.74) is 2.86. The minimum atomic E-state index is 0.0218. The zero-order valence-corrected chi connectivity index (χ0v) is 8.37. The Morgan fingerprint density at radius 2 is 2.21 bits per heavy atom. The lowest BCUT2D eigenvalue weighted by molar-refractivity contribution is -0.112. The fourth-order valence-corrected chi connectivity index (χ4v) is 1.15. The lowest BCUT2D eigenvalue weighted by atomic mass is 10.0. The van der Waals surface area contributed by atoms with Crippen molar-refractivity contribution in [2.75, 3.05) is 0 Å². The predicted molar refractivity (Wildman–Crippen MR) is 58.8 cm³/mol. The number of hydrogen-bond donors (Lipinski definition) is 0. The number of terminal acetylenes is 1. The van der Waals surface area contributed by atoms with Gasteiger partial charge in [0.25, 0.3) is 0 Å². The first-order chi connectivity index (χ1) is 6.63. The third kappa shape index (κ3) is 2.60. The summed E-state index contributed by atoms with van der Waals surface area (Å²) in [7, 11) is 0. The maximum atomic E-state index is 10.7. The summed E-state index contributed by atoms with van der Waals surface area (Å²) in [6.45, 7) is 3.50. The second kappa shape index (κ2) is 4.43. The van der Waals surface area contributed by atoms with E-state index in [2.05, 4.69) is 5.92 Å². The fraction of sp³-hybridized carbons (Fsp3) is 0.154. The molecule has 0 heterocycles. The van der Waals surface area contributed by atoms with Crippen molar-refractivity contribution in [1.82, 2.24) is 0 Å². The molecular formula is C13H12O. The molecule has 0 N–H and O–H groups in total. The maximum Gasteiger partial charge on any atom is 0.152 e. The van der Waals surface area contributed by atoms with E-state index in [0.29, 0.717) is 0 Å². The molecule has 0 radical (unpaired) electrons. The van der Waals surface area contributed by atoms with E-state index >= 15 is 0 Å². The van der Waals surface area contributed by atoms with Gasteiger partial charge in [-0.15, -0.1) is 6.42 Å². The standard InChI is InChI=1S/C13H12O/c1-4-12-9-10(2)5-7-13(12)8-6-11(3)14/h1,5-9H,2-3H3/b8-6+. The highest BCUT2D eigenvalue weighted by Gasteiger charge is 1.96. The van der Waals surface area contributed by atoms with Crippen molar-refractivity contribution in [3.8, 4) is 12.3 Å². The molecule has 1 heteroatoms. The quantitative estimate of drug-likeness (QED) is 0.510. The van der Waals surface area contributed by atoms with Gasteiger partial charge < -0.3 is 0 Å². The van der Waals surface area contributed by atoms with Crippen molar-refractivity contribution in [2.45, 2.75) is 13.8 Å². The van der Waals surface area contributed by atoms with Crippen molar-refractivity contribution in [3.05, 3.63) is 41.0 Å². The maximum absolute atomic E-state index is 10.7. The number of aryl methyl sites for hydroxylation is 1. The minimum absolute atomic E-state index is 0.0218. The number of carbonyl (C=O) groups excluding carboxylic acids is 1. The van der Waals surface area contributed by atoms with Gasteiger partial charge >= 0.3 is 0 Å². The number of ketones is 1. The molecule has 14 heavy (non-hydrogen) atoms. The molecule has 0 fully saturated rings. The van der Waals surface area contributed by atoms with Crippen LogP contribution in [0, 0.1) is 19.3 Å². The van der Waals surface area contributed by atoms with E-state index in [-0.39, 0.29) is 5.78 Å². The van der Waals surface area contributed by atoms with Crippen molar-refractivity contribution >= 4 is 11.9 Å². The van der Waals surface area contributed by atoms with E-state index in [0.717, 1.165) is 16.7 Å². The van der Waals surface area contributed by atoms with Crippen molar-refractivity contribution < 1.29 is 4.79 Å². The molecule has 70 valence electrons. The molecule has 0 unspecified atom stereocenters. The molecule has 0 saturated heterocycles. The van der Waals surface area contributed by atoms with E-state index in [1.54, 1.807) is 6.08 Å². The summed E-state index contributed by atoms with van der Waals surface area (Å²) in [6.07, 6.45) is 8.62. The van der Waals surface area contributed by atoms with Gasteiger partial charge in [-0.3, -0.25) is 4.79 Å². The van der Waals surface area contributed by atoms with E-state index < -0.39 is 0 Å². The minimum Gasteiger partial charge on any atom is -0.295 e. The van der Waals surface area contributed by atoms with Crippen LogP contribution in [0.25, 0.3) is 6.08 Å². The molecule has 0 aliphatic heterocycles. The fourth-order valence-electron chi connectivity index (χ4n) is 1.15. The van der Waals surface area contributed by atoms with Gasteiger partial charge in [-0.1, -0.05) is 24.1 Å². The molecule has 0 spiro atoms. The Kier molecular flexibility index (Phi) is 3.25. The first kappa shape index (κ1) is 10.3. The highest BCUT2D eigenvalue weighted by Crippen LogP contribution is 2.12. The van der Waals surface area contributed by atoms with Gasteiger partial charge in [-0.05, 0) is 37.1 Å². The van der Waals surface area contributed by atoms with Crippen LogP contribution in [-0.4, -0.2) is 5.78 Å². The number of benzene rings is 1. The third-order valence-corrected chi connectivity index (χ3v) is 1.86. The molecule has 0 aliphatic carbocycles. The van der Waals surface area contributed by atoms with Crippen LogP contribution in [0.1, 0.15) is 23.6 Å². The summed E-state index contributed by atoms with van der Waals surface area (Å²) in [5.74, 6) is 2.62. The molecule has 1 rings (SSSR count). The van der Waals surface area contributed by atoms with E-state index in [4.69, 9.17) is 6.42 Å². The van der Waals surface area contributed by atoms with E-state index in [1.165, 1.54) is 13.0 Å². The second-order valence-corrected chi connectivity index (χ2v) is 3.18. The van der Waals surface area contributed by atoms with Gasteiger partial charge in [0.2, 0.25) is 0 Å². The van der Waals surface area contributed by atoms with Crippen LogP contribution in [0.4, 0.5) is 0 Å². The smallest absolute Gasteiger partial charge is 0.152 e. The Morgan fingerprint density at radius 3 is 2.79 bits per heavy atom. The van der Waals surface area contributed by atoms with Crippen LogP contribution in [0.15, 0.2) is 24.3 Å². The number of carbonyl (C=O) groups is 1. The second-order valence-electron chi connectivity index (χ2n) is 3.18. The molecule has 0 aliphatic rings. The summed E-state index contributed by atoms with van der Waals surface area (Å²) >= 11 is 0. The van der Waals surface area contributed by atoms with Crippen molar-refractivity contribution in [3.63, 3.8) is 0 Å². The Hall–Kier alpha value is -1.81. The summed E-state index contributed by atoms with van der Waals surface area (Å²) < 4.78 is 0. The monoisotopic (exact) mass is 184 g/mol. The van der Waals surface area contributed by atoms with Gasteiger partial charge in [-0.2, -0.15) is 0 Å². The first-order valence-electron chi connectivity index (χ1n) is 4.39. The molecule has 0 atom stereocenters. The van der Waals surface area contributed by atoms with Gasteiger partial charge in [0.05, 0.1) is 0 Å². The highest BCUT2D eigenvalue weighted by atomic mass is 16.1. The Balaban J connectivity index is 3.10. The van der Waals surface area contributed by atoms with Crippen LogP contribution in [0.3, 0.4) is 0 Å². The van der Waals surface area contributed by atoms with Crippen LogP contribution >= 0.6 is 0 Å². The molecule has 0 bridgehead atoms. The molecule has 1 aromatic rings. The van der Waals surface area contributed by atoms with Crippen LogP contribution < -0.4 is 0 Å². The zero-order valence-electron chi connectivity index (χ0n) is 8.37. The normalized spacial score (nSPS) is 10.1. The average molecular weight is 184 g/mol. The molecular weight excluding hydrogens is 172 g/mol. The lowest BCUT2D eigenvalue weighted by Crippen LogP contribution is -1.85. The Morgan fingerprint density at radius 1 is 1.50 bits per heavy atom. The van der Waals surface area contributed by atoms with Gasteiger partial charge in [0.15, 0.2) is 5.78 Å². The number of allylic oxidation sites excluding steroid dienone is 1. The van der Waals surface area contributed by atoms with E-state index in [9.17, 15) is 4.79 Å². The first-order valence-corrected chi connectivity index (χ1v) is 4.39. The Bertz CT molecular complexity index is 419. The molecule has 0 saturated carbocycles. The lowest BCUT2D eigenvalue weighted by Gasteiger charge is -1.99. The molecule has 0 aromatic heterocycles. The summed E-state index contributed by atoms with van der Waals surface area (Å²) in [6, 6.07) is 5.82. The third-order valence-electron chi connectivity index (χ3n) is 1.86. The topological polar surface area (TPSA) is 17.1 Å². The van der Waals surface area contributed by atoms with Crippen LogP contribution in [0.5, 0.6) is 0 Å². The van der Waals surface area contributed by atoms with Gasteiger partial charge in [0.1, 0.15) is 0 Å². The molecule has 1 aromatic carbocycles. The largest absolute Gasteiger partial charge is 0.295 e. The van der Waals surface area contributed by atoms with Crippen LogP contribution in [0.2, 0.25) is 0 Å². The predicted octanol–water partition coefficient (Wildman–Crippen LogP) is 2.58. The van der Waals surface area contributed by atoms with E-state index in [1.807, 2.05) is 25.1 Å². The van der Waals surface area contributed by atoms with Crippen molar-refractivity contribution in [2.24, 2.45) is 0 Å². The molecule has 0 amide bonds. The summed E-state index contributed by atoms with van der Waals surface area (Å²) in [4.78, 5) is 10.7. The summed E-state index contributed by atoms with van der Waals surface area (Å²) in [5, 5.41) is 0. The van der Waals surface area contributed by atoms with Gasteiger partial charge in [-0.25, -0.2) is 0 Å². The Labute approximate surface area is 84.5 Å². The average Bonchev–Trinajstić information content (AvgIpc) is 2.15.